The molecule has 4 nitrogen and oxygen atoms in total. The highest BCUT2D eigenvalue weighted by Gasteiger charge is 2.43. The van der Waals surface area contributed by atoms with E-state index >= 15 is 0 Å². The third-order valence-corrected chi connectivity index (χ3v) is 3.73. The van der Waals surface area contributed by atoms with Gasteiger partial charge >= 0.3 is 0 Å². The minimum Gasteiger partial charge on any atom is -0.384 e. The minimum absolute atomic E-state index is 0.291. The lowest BCUT2D eigenvalue weighted by molar-refractivity contribution is 0.0335. The first-order valence-corrected chi connectivity index (χ1v) is 6.37. The van der Waals surface area contributed by atoms with E-state index < -0.39 is 17.3 Å². The lowest BCUT2D eigenvalue weighted by atomic mass is 9.73. The molecular weight excluding hydrogens is 261 g/mol. The second-order valence-electron chi connectivity index (χ2n) is 5.77. The quantitative estimate of drug-likeness (QED) is 0.869. The van der Waals surface area contributed by atoms with Gasteiger partial charge in [-0.1, -0.05) is 19.0 Å². The number of nitrogens with zero attached hydrogens (tertiary/aromatic N) is 1. The molecule has 1 unspecified atom stereocenters. The number of aliphatic hydroxyl groups excluding tert-OH is 1. The summed E-state index contributed by atoms with van der Waals surface area (Å²) in [4.78, 5) is 12.3. The zero-order chi connectivity index (χ0) is 14.5. The van der Waals surface area contributed by atoms with Crippen LogP contribution in [0.5, 0.6) is 0 Å². The lowest BCUT2D eigenvalue weighted by Gasteiger charge is -2.32. The van der Waals surface area contributed by atoms with Crippen LogP contribution in [0.4, 0.5) is 4.39 Å². The molecule has 3 rings (SSSR count). The van der Waals surface area contributed by atoms with Crippen molar-refractivity contribution in [3.05, 3.63) is 41.3 Å². The molecule has 1 aromatic carbocycles. The number of halogens is 1. The largest absolute Gasteiger partial charge is 0.384 e. The zero-order valence-electron chi connectivity index (χ0n) is 11.2. The summed E-state index contributed by atoms with van der Waals surface area (Å²) >= 11 is 0. The van der Waals surface area contributed by atoms with E-state index in [4.69, 9.17) is 4.52 Å². The second-order valence-corrected chi connectivity index (χ2v) is 5.77. The normalized spacial score (nSPS) is 20.8. The van der Waals surface area contributed by atoms with Crippen LogP contribution in [0.2, 0.25) is 0 Å². The fourth-order valence-electron chi connectivity index (χ4n) is 2.52. The molecule has 1 atom stereocenters. The van der Waals surface area contributed by atoms with E-state index in [1.807, 2.05) is 13.8 Å². The Morgan fingerprint density at radius 2 is 2.00 bits per heavy atom. The molecule has 0 amide bonds. The number of carbonyl (C=O) groups is 1. The van der Waals surface area contributed by atoms with Crippen LogP contribution in [0.15, 0.2) is 28.8 Å². The molecule has 1 N–H and O–H groups in total. The number of hydrogen-bond acceptors (Lipinski definition) is 4. The fourth-order valence-corrected chi connectivity index (χ4v) is 2.52. The summed E-state index contributed by atoms with van der Waals surface area (Å²) in [5.74, 6) is -0.467. The molecule has 104 valence electrons. The maximum absolute atomic E-state index is 13.0. The van der Waals surface area contributed by atoms with Gasteiger partial charge in [-0.05, 0) is 24.3 Å². The molecule has 1 aromatic heterocycles. The molecule has 1 heterocycles. The smallest absolute Gasteiger partial charge is 0.197 e. The maximum atomic E-state index is 13.0. The van der Waals surface area contributed by atoms with Crippen LogP contribution in [-0.2, 0) is 6.42 Å². The van der Waals surface area contributed by atoms with Gasteiger partial charge < -0.3 is 9.63 Å². The van der Waals surface area contributed by atoms with E-state index in [0.717, 1.165) is 0 Å². The number of aromatic nitrogens is 1. The molecule has 0 saturated carbocycles. The van der Waals surface area contributed by atoms with Crippen molar-refractivity contribution in [3.8, 4) is 11.3 Å². The number of rotatable bonds is 1. The van der Waals surface area contributed by atoms with E-state index in [-0.39, 0.29) is 5.82 Å². The lowest BCUT2D eigenvalue weighted by Crippen LogP contribution is -2.42. The first kappa shape index (κ1) is 13.0. The second kappa shape index (κ2) is 4.24. The van der Waals surface area contributed by atoms with Crippen molar-refractivity contribution in [1.82, 2.24) is 5.16 Å². The summed E-state index contributed by atoms with van der Waals surface area (Å²) in [7, 11) is 0. The third-order valence-electron chi connectivity index (χ3n) is 3.73. The van der Waals surface area contributed by atoms with Crippen molar-refractivity contribution in [2.75, 3.05) is 0 Å². The summed E-state index contributed by atoms with van der Waals surface area (Å²) in [5.41, 5.74) is 0.856. The van der Waals surface area contributed by atoms with Crippen molar-refractivity contribution in [2.24, 2.45) is 5.41 Å². The number of hydrogen-bond donors (Lipinski definition) is 1. The number of Topliss-reactive ketones (excluding diaryl/α,β-unsaturated/α-hetero) is 1. The maximum Gasteiger partial charge on any atom is 0.197 e. The van der Waals surface area contributed by atoms with E-state index in [1.165, 1.54) is 24.3 Å². The van der Waals surface area contributed by atoms with Gasteiger partial charge in [-0.25, -0.2) is 4.39 Å². The van der Waals surface area contributed by atoms with Gasteiger partial charge in [0, 0.05) is 17.4 Å². The summed E-state index contributed by atoms with van der Waals surface area (Å²) in [6.07, 6.45) is -0.631. The van der Waals surface area contributed by atoms with Gasteiger partial charge in [0.25, 0.3) is 0 Å². The van der Waals surface area contributed by atoms with E-state index in [9.17, 15) is 14.3 Å². The highest BCUT2D eigenvalue weighted by atomic mass is 19.1. The fraction of sp³-hybridized carbons (Fsp3) is 0.333. The first-order valence-electron chi connectivity index (χ1n) is 6.37. The molecule has 0 saturated heterocycles. The van der Waals surface area contributed by atoms with Gasteiger partial charge in [0.1, 0.15) is 11.9 Å². The molecule has 0 aliphatic heterocycles. The number of fused-ring (bicyclic) bond motifs is 1. The van der Waals surface area contributed by atoms with Gasteiger partial charge in [-0.2, -0.15) is 0 Å². The van der Waals surface area contributed by atoms with Crippen molar-refractivity contribution < 1.29 is 18.8 Å². The average molecular weight is 275 g/mol. The van der Waals surface area contributed by atoms with Crippen LogP contribution >= 0.6 is 0 Å². The molecule has 1 aliphatic rings. The Kier molecular flexibility index (Phi) is 2.76. The predicted molar refractivity (Wildman–Crippen MR) is 69.7 cm³/mol. The Balaban J connectivity index is 2.12. The first-order chi connectivity index (χ1) is 9.40. The topological polar surface area (TPSA) is 63.3 Å². The van der Waals surface area contributed by atoms with Crippen LogP contribution in [0.25, 0.3) is 11.3 Å². The SMILES string of the molecule is CC1(C)Cc2noc(-c3ccc(F)cc3)c2C(=O)C1O. The van der Waals surface area contributed by atoms with Crippen LogP contribution in [0, 0.1) is 11.2 Å². The number of ketones is 1. The summed E-state index contributed by atoms with van der Waals surface area (Å²) in [5, 5.41) is 14.0. The van der Waals surface area contributed by atoms with E-state index in [2.05, 4.69) is 5.16 Å². The Hall–Kier alpha value is -2.01. The number of benzene rings is 1. The van der Waals surface area contributed by atoms with Crippen LogP contribution in [0.1, 0.15) is 29.9 Å². The van der Waals surface area contributed by atoms with Gasteiger partial charge in [0.15, 0.2) is 11.5 Å². The zero-order valence-corrected chi connectivity index (χ0v) is 11.2. The molecule has 0 radical (unpaired) electrons. The Morgan fingerprint density at radius 1 is 1.35 bits per heavy atom. The van der Waals surface area contributed by atoms with Crippen molar-refractivity contribution in [3.63, 3.8) is 0 Å². The Labute approximate surface area is 115 Å². The van der Waals surface area contributed by atoms with Crippen molar-refractivity contribution in [2.45, 2.75) is 26.4 Å². The average Bonchev–Trinajstić information content (AvgIpc) is 2.80. The Morgan fingerprint density at radius 3 is 2.65 bits per heavy atom. The van der Waals surface area contributed by atoms with Gasteiger partial charge in [-0.15, -0.1) is 0 Å². The van der Waals surface area contributed by atoms with Gasteiger partial charge in [0.05, 0.1) is 11.3 Å². The highest BCUT2D eigenvalue weighted by Crippen LogP contribution is 2.39. The Bertz CT molecular complexity index is 673. The molecule has 20 heavy (non-hydrogen) atoms. The molecule has 0 bridgehead atoms. The molecule has 0 spiro atoms. The summed E-state index contributed by atoms with van der Waals surface area (Å²) in [6, 6.07) is 5.63. The van der Waals surface area contributed by atoms with Crippen LogP contribution in [-0.4, -0.2) is 22.2 Å². The van der Waals surface area contributed by atoms with Crippen molar-refractivity contribution in [1.29, 1.82) is 0 Å². The molecular formula is C15H14FNO3. The van der Waals surface area contributed by atoms with Crippen LogP contribution in [0.3, 0.4) is 0 Å². The van der Waals surface area contributed by atoms with Gasteiger partial charge in [0.2, 0.25) is 0 Å². The van der Waals surface area contributed by atoms with Gasteiger partial charge in [-0.3, -0.25) is 4.79 Å². The predicted octanol–water partition coefficient (Wildman–Crippen LogP) is 2.61. The monoisotopic (exact) mass is 275 g/mol. The number of aliphatic hydroxyl groups is 1. The molecule has 2 aromatic rings. The standard InChI is InChI=1S/C15H14FNO3/c1-15(2)7-10-11(12(18)14(15)19)13(20-17-10)8-3-5-9(16)6-4-8/h3-6,14,19H,7H2,1-2H3. The molecule has 1 aliphatic carbocycles. The summed E-state index contributed by atoms with van der Waals surface area (Å²) in [6.45, 7) is 3.62. The van der Waals surface area contributed by atoms with Crippen LogP contribution < -0.4 is 0 Å². The number of carbonyl (C=O) groups excluding carboxylic acids is 1. The summed E-state index contributed by atoms with van der Waals surface area (Å²) < 4.78 is 18.2. The van der Waals surface area contributed by atoms with Crippen molar-refractivity contribution >= 4 is 5.78 Å². The minimum atomic E-state index is -1.09. The highest BCUT2D eigenvalue weighted by molar-refractivity contribution is 6.06. The molecule has 5 heteroatoms. The molecule has 0 fully saturated rings. The van der Waals surface area contributed by atoms with E-state index in [0.29, 0.717) is 29.0 Å². The third kappa shape index (κ3) is 1.86. The van der Waals surface area contributed by atoms with E-state index in [1.54, 1.807) is 0 Å².